The molecule has 0 saturated carbocycles. The van der Waals surface area contributed by atoms with Gasteiger partial charge in [0.05, 0.1) is 12.6 Å². The van der Waals surface area contributed by atoms with Crippen molar-refractivity contribution in [3.8, 4) is 0 Å². The van der Waals surface area contributed by atoms with Crippen LogP contribution >= 0.6 is 0 Å². The molecule has 0 N–H and O–H groups in total. The molecule has 0 bridgehead atoms. The Labute approximate surface area is 118 Å². The number of carbonyl (C=O) groups excluding carboxylic acids is 2. The van der Waals surface area contributed by atoms with E-state index in [2.05, 4.69) is 0 Å². The van der Waals surface area contributed by atoms with Gasteiger partial charge >= 0.3 is 0 Å². The van der Waals surface area contributed by atoms with Gasteiger partial charge in [0.15, 0.2) is 5.78 Å². The molecule has 1 unspecified atom stereocenters. The summed E-state index contributed by atoms with van der Waals surface area (Å²) in [7, 11) is 1.78. The molecule has 1 amide bonds. The molecule has 1 saturated heterocycles. The number of benzene rings is 1. The van der Waals surface area contributed by atoms with Gasteiger partial charge < -0.3 is 4.90 Å². The maximum atomic E-state index is 12.9. The van der Waals surface area contributed by atoms with Gasteiger partial charge in [-0.05, 0) is 37.6 Å². The van der Waals surface area contributed by atoms with E-state index in [4.69, 9.17) is 0 Å². The summed E-state index contributed by atoms with van der Waals surface area (Å²) in [6.07, 6.45) is 0.850. The molecule has 0 aliphatic carbocycles. The maximum Gasteiger partial charge on any atom is 0.236 e. The van der Waals surface area contributed by atoms with Crippen molar-refractivity contribution < 1.29 is 14.0 Å². The number of ketones is 1. The number of nitrogens with zero attached hydrogens (tertiary/aromatic N) is 2. The Morgan fingerprint density at radius 2 is 1.90 bits per heavy atom. The first-order chi connectivity index (χ1) is 9.49. The van der Waals surface area contributed by atoms with E-state index < -0.39 is 0 Å². The Kier molecular flexibility index (Phi) is 4.49. The molecule has 1 heterocycles. The zero-order chi connectivity index (χ0) is 14.7. The van der Waals surface area contributed by atoms with Crippen molar-refractivity contribution in [2.75, 3.05) is 26.7 Å². The Balaban J connectivity index is 2.09. The largest absolute Gasteiger partial charge is 0.345 e. The number of carbonyl (C=O) groups is 2. The van der Waals surface area contributed by atoms with Crippen molar-refractivity contribution >= 4 is 11.7 Å². The summed E-state index contributed by atoms with van der Waals surface area (Å²) in [5.74, 6) is -0.413. The lowest BCUT2D eigenvalue weighted by Gasteiger charge is -2.25. The Morgan fingerprint density at radius 1 is 1.25 bits per heavy atom. The minimum Gasteiger partial charge on any atom is -0.345 e. The standard InChI is InChI=1S/C15H19FN2O2/c1-11(15(20)12-4-6-13(16)7-5-12)18-9-3-8-17(2)14(19)10-18/h4-7,11H,3,8-10H2,1-2H3. The second kappa shape index (κ2) is 6.13. The first-order valence-corrected chi connectivity index (χ1v) is 6.77. The molecule has 4 nitrogen and oxygen atoms in total. The van der Waals surface area contributed by atoms with Crippen LogP contribution in [0.2, 0.25) is 0 Å². The number of rotatable bonds is 3. The zero-order valence-corrected chi connectivity index (χ0v) is 11.8. The minimum atomic E-state index is -0.379. The average molecular weight is 278 g/mol. The van der Waals surface area contributed by atoms with E-state index in [-0.39, 0.29) is 30.1 Å². The molecule has 1 aliphatic heterocycles. The van der Waals surface area contributed by atoms with Crippen molar-refractivity contribution in [2.24, 2.45) is 0 Å². The second-order valence-electron chi connectivity index (χ2n) is 5.19. The first-order valence-electron chi connectivity index (χ1n) is 6.77. The summed E-state index contributed by atoms with van der Waals surface area (Å²) >= 11 is 0. The fourth-order valence-corrected chi connectivity index (χ4v) is 2.36. The molecule has 5 heteroatoms. The molecule has 1 aromatic carbocycles. The predicted octanol–water partition coefficient (Wildman–Crippen LogP) is 1.56. The summed E-state index contributed by atoms with van der Waals surface area (Å²) in [5.41, 5.74) is 0.476. The zero-order valence-electron chi connectivity index (χ0n) is 11.8. The SMILES string of the molecule is CC(C(=O)c1ccc(F)cc1)N1CCCN(C)C(=O)C1. The molecular formula is C15H19FN2O2. The number of halogens is 1. The Morgan fingerprint density at radius 3 is 2.55 bits per heavy atom. The number of likely N-dealkylation sites (N-methyl/N-ethyl adjacent to an activating group) is 1. The first kappa shape index (κ1) is 14.7. The lowest BCUT2D eigenvalue weighted by Crippen LogP contribution is -2.43. The van der Waals surface area contributed by atoms with Crippen LogP contribution in [0.25, 0.3) is 0 Å². The molecule has 1 aromatic rings. The molecule has 0 aromatic heterocycles. The Hall–Kier alpha value is -1.75. The molecule has 1 fully saturated rings. The summed E-state index contributed by atoms with van der Waals surface area (Å²) in [5, 5.41) is 0. The van der Waals surface area contributed by atoms with Gasteiger partial charge in [-0.1, -0.05) is 0 Å². The van der Waals surface area contributed by atoms with Gasteiger partial charge in [-0.15, -0.1) is 0 Å². The molecule has 1 atom stereocenters. The highest BCUT2D eigenvalue weighted by Gasteiger charge is 2.27. The van der Waals surface area contributed by atoms with E-state index in [9.17, 15) is 14.0 Å². The third-order valence-electron chi connectivity index (χ3n) is 3.76. The van der Waals surface area contributed by atoms with E-state index >= 15 is 0 Å². The molecular weight excluding hydrogens is 259 g/mol. The summed E-state index contributed by atoms with van der Waals surface area (Å²) in [6, 6.07) is 5.15. The molecule has 2 rings (SSSR count). The number of hydrogen-bond donors (Lipinski definition) is 0. The van der Waals surface area contributed by atoms with Gasteiger partial charge in [-0.3, -0.25) is 14.5 Å². The number of amides is 1. The third kappa shape index (κ3) is 3.22. The van der Waals surface area contributed by atoms with Crippen LogP contribution in [0, 0.1) is 5.82 Å². The predicted molar refractivity (Wildman–Crippen MR) is 74.0 cm³/mol. The van der Waals surface area contributed by atoms with Crippen LogP contribution in [0.3, 0.4) is 0 Å². The summed E-state index contributed by atoms with van der Waals surface area (Å²) in [6.45, 7) is 3.48. The van der Waals surface area contributed by atoms with E-state index in [0.717, 1.165) is 6.42 Å². The highest BCUT2D eigenvalue weighted by Crippen LogP contribution is 2.13. The van der Waals surface area contributed by atoms with Gasteiger partial charge in [0.2, 0.25) is 5.91 Å². The van der Waals surface area contributed by atoms with Gasteiger partial charge in [0.1, 0.15) is 5.82 Å². The van der Waals surface area contributed by atoms with Crippen LogP contribution in [0.1, 0.15) is 23.7 Å². The lowest BCUT2D eigenvalue weighted by atomic mass is 10.0. The second-order valence-corrected chi connectivity index (χ2v) is 5.19. The topological polar surface area (TPSA) is 40.6 Å². The normalized spacial score (nSPS) is 18.8. The summed E-state index contributed by atoms with van der Waals surface area (Å²) in [4.78, 5) is 27.8. The molecule has 20 heavy (non-hydrogen) atoms. The number of Topliss-reactive ketones (excluding diaryl/α,β-unsaturated/α-hetero) is 1. The lowest BCUT2D eigenvalue weighted by molar-refractivity contribution is -0.130. The summed E-state index contributed by atoms with van der Waals surface area (Å²) < 4.78 is 12.9. The van der Waals surface area contributed by atoms with E-state index in [0.29, 0.717) is 18.7 Å². The van der Waals surface area contributed by atoms with Crippen molar-refractivity contribution in [3.05, 3.63) is 35.6 Å². The average Bonchev–Trinajstić information content (AvgIpc) is 2.60. The minimum absolute atomic E-state index is 0.0289. The van der Waals surface area contributed by atoms with Crippen molar-refractivity contribution in [3.63, 3.8) is 0 Å². The fraction of sp³-hybridized carbons (Fsp3) is 0.467. The quantitative estimate of drug-likeness (QED) is 0.788. The van der Waals surface area contributed by atoms with Crippen LogP contribution in [-0.4, -0.2) is 54.2 Å². The van der Waals surface area contributed by atoms with E-state index in [1.807, 2.05) is 4.90 Å². The van der Waals surface area contributed by atoms with Gasteiger partial charge in [0.25, 0.3) is 0 Å². The van der Waals surface area contributed by atoms with Crippen LogP contribution in [-0.2, 0) is 4.79 Å². The van der Waals surface area contributed by atoms with E-state index in [1.54, 1.807) is 18.9 Å². The van der Waals surface area contributed by atoms with Crippen molar-refractivity contribution in [1.82, 2.24) is 9.80 Å². The monoisotopic (exact) mass is 278 g/mol. The van der Waals surface area contributed by atoms with Crippen LogP contribution in [0.15, 0.2) is 24.3 Å². The smallest absolute Gasteiger partial charge is 0.236 e. The fourth-order valence-electron chi connectivity index (χ4n) is 2.36. The maximum absolute atomic E-state index is 12.9. The van der Waals surface area contributed by atoms with Crippen molar-refractivity contribution in [2.45, 2.75) is 19.4 Å². The highest BCUT2D eigenvalue weighted by molar-refractivity contribution is 6.00. The van der Waals surface area contributed by atoms with Crippen molar-refractivity contribution in [1.29, 1.82) is 0 Å². The molecule has 1 aliphatic rings. The Bertz CT molecular complexity index is 501. The molecule has 108 valence electrons. The van der Waals surface area contributed by atoms with E-state index in [1.165, 1.54) is 24.3 Å². The number of hydrogen-bond acceptors (Lipinski definition) is 3. The molecule has 0 radical (unpaired) electrons. The van der Waals surface area contributed by atoms with Crippen LogP contribution in [0.4, 0.5) is 4.39 Å². The van der Waals surface area contributed by atoms with Crippen LogP contribution in [0.5, 0.6) is 0 Å². The van der Waals surface area contributed by atoms with Gasteiger partial charge in [-0.2, -0.15) is 0 Å². The highest BCUT2D eigenvalue weighted by atomic mass is 19.1. The molecule has 0 spiro atoms. The van der Waals surface area contributed by atoms with Gasteiger partial charge in [-0.25, -0.2) is 4.39 Å². The third-order valence-corrected chi connectivity index (χ3v) is 3.76. The van der Waals surface area contributed by atoms with Gasteiger partial charge in [0, 0.05) is 25.7 Å². The van der Waals surface area contributed by atoms with Crippen LogP contribution < -0.4 is 0 Å².